The molecule has 0 amide bonds. The first-order valence-electron chi connectivity index (χ1n) is 4.32. The van der Waals surface area contributed by atoms with Crippen molar-refractivity contribution in [1.29, 1.82) is 0 Å². The fourth-order valence-corrected chi connectivity index (χ4v) is 1.37. The van der Waals surface area contributed by atoms with Gasteiger partial charge in [0.05, 0.1) is 7.11 Å². The molecule has 0 aliphatic carbocycles. The van der Waals surface area contributed by atoms with Crippen molar-refractivity contribution >= 4 is 30.0 Å². The van der Waals surface area contributed by atoms with E-state index in [4.69, 9.17) is 17.3 Å². The molecule has 3 nitrogen and oxygen atoms in total. The highest BCUT2D eigenvalue weighted by Gasteiger charge is 2.16. The first-order valence-corrected chi connectivity index (χ1v) is 4.69. The lowest BCUT2D eigenvalue weighted by Crippen LogP contribution is -2.33. The molecule has 0 saturated heterocycles. The Kier molecular flexibility index (Phi) is 6.33. The number of carbonyl (C=O) groups is 1. The zero-order chi connectivity index (χ0) is 11.4. The Morgan fingerprint density at radius 2 is 2.25 bits per heavy atom. The summed E-state index contributed by atoms with van der Waals surface area (Å²) in [7, 11) is 1.23. The van der Waals surface area contributed by atoms with Crippen LogP contribution in [0.15, 0.2) is 18.2 Å². The summed E-state index contributed by atoms with van der Waals surface area (Å²) in [5.41, 5.74) is 5.80. The first-order chi connectivity index (χ1) is 7.04. The van der Waals surface area contributed by atoms with Crippen LogP contribution >= 0.6 is 24.0 Å². The molecular formula is C10H12Cl2FNO2. The molecule has 1 rings (SSSR count). The van der Waals surface area contributed by atoms with Crippen molar-refractivity contribution in [2.75, 3.05) is 7.11 Å². The molecule has 2 N–H and O–H groups in total. The van der Waals surface area contributed by atoms with Crippen LogP contribution in [-0.4, -0.2) is 19.1 Å². The van der Waals surface area contributed by atoms with Crippen LogP contribution in [0.2, 0.25) is 5.02 Å². The van der Waals surface area contributed by atoms with Gasteiger partial charge in [-0.05, 0) is 23.8 Å². The number of nitrogens with two attached hydrogens (primary N) is 1. The standard InChI is InChI=1S/C10H11ClFNO2.ClH/c1-15-10(14)9(13)5-6-4-7(11)2-3-8(6)12;/h2-4,9H,5,13H2,1H3;1H/t9-;/m0./s1. The normalized spacial score (nSPS) is 11.5. The van der Waals surface area contributed by atoms with Gasteiger partial charge in [0.15, 0.2) is 0 Å². The van der Waals surface area contributed by atoms with Crippen LogP contribution < -0.4 is 5.73 Å². The van der Waals surface area contributed by atoms with Crippen LogP contribution in [-0.2, 0) is 16.0 Å². The number of rotatable bonds is 3. The van der Waals surface area contributed by atoms with Gasteiger partial charge >= 0.3 is 5.97 Å². The smallest absolute Gasteiger partial charge is 0.322 e. The monoisotopic (exact) mass is 267 g/mol. The molecule has 1 aromatic rings. The molecule has 6 heteroatoms. The Morgan fingerprint density at radius 3 is 2.81 bits per heavy atom. The van der Waals surface area contributed by atoms with Crippen molar-refractivity contribution < 1.29 is 13.9 Å². The highest BCUT2D eigenvalue weighted by molar-refractivity contribution is 6.30. The first kappa shape index (κ1) is 15.2. The summed E-state index contributed by atoms with van der Waals surface area (Å²) in [6.07, 6.45) is 0.0685. The number of ether oxygens (including phenoxy) is 1. The second kappa shape index (κ2) is 6.68. The van der Waals surface area contributed by atoms with Crippen LogP contribution in [0.5, 0.6) is 0 Å². The number of carbonyl (C=O) groups excluding carboxylic acids is 1. The van der Waals surface area contributed by atoms with Gasteiger partial charge in [0, 0.05) is 11.4 Å². The van der Waals surface area contributed by atoms with E-state index in [-0.39, 0.29) is 18.8 Å². The molecule has 0 aliphatic rings. The van der Waals surface area contributed by atoms with Crippen molar-refractivity contribution in [2.24, 2.45) is 5.73 Å². The molecule has 1 atom stereocenters. The molecule has 0 unspecified atom stereocenters. The number of benzene rings is 1. The van der Waals surface area contributed by atoms with Crippen LogP contribution in [0.3, 0.4) is 0 Å². The quantitative estimate of drug-likeness (QED) is 0.852. The van der Waals surface area contributed by atoms with E-state index >= 15 is 0 Å². The van der Waals surface area contributed by atoms with Crippen molar-refractivity contribution in [3.8, 4) is 0 Å². The van der Waals surface area contributed by atoms with Gasteiger partial charge < -0.3 is 10.5 Å². The van der Waals surface area contributed by atoms with E-state index in [1.54, 1.807) is 0 Å². The molecule has 0 spiro atoms. The van der Waals surface area contributed by atoms with Crippen molar-refractivity contribution in [3.05, 3.63) is 34.6 Å². The highest BCUT2D eigenvalue weighted by atomic mass is 35.5. The van der Waals surface area contributed by atoms with E-state index in [0.29, 0.717) is 10.6 Å². The van der Waals surface area contributed by atoms with E-state index in [1.165, 1.54) is 25.3 Å². The molecule has 0 bridgehead atoms. The summed E-state index contributed by atoms with van der Waals surface area (Å²) >= 11 is 5.69. The average molecular weight is 268 g/mol. The van der Waals surface area contributed by atoms with Crippen molar-refractivity contribution in [3.63, 3.8) is 0 Å². The van der Waals surface area contributed by atoms with Crippen molar-refractivity contribution in [1.82, 2.24) is 0 Å². The third-order valence-electron chi connectivity index (χ3n) is 1.95. The van der Waals surface area contributed by atoms with Crippen LogP contribution in [0.4, 0.5) is 4.39 Å². The summed E-state index contributed by atoms with van der Waals surface area (Å²) in [6, 6.07) is 3.24. The maximum Gasteiger partial charge on any atom is 0.322 e. The minimum absolute atomic E-state index is 0. The van der Waals surface area contributed by atoms with E-state index in [0.717, 1.165) is 0 Å². The SMILES string of the molecule is COC(=O)[C@@H](N)Cc1cc(Cl)ccc1F.Cl. The second-order valence-corrected chi connectivity index (χ2v) is 3.51. The number of methoxy groups -OCH3 is 1. The number of esters is 1. The molecule has 0 heterocycles. The lowest BCUT2D eigenvalue weighted by molar-refractivity contribution is -0.142. The molecule has 16 heavy (non-hydrogen) atoms. The molecular weight excluding hydrogens is 256 g/mol. The minimum atomic E-state index is -0.872. The van der Waals surface area contributed by atoms with Gasteiger partial charge in [0.1, 0.15) is 11.9 Å². The average Bonchev–Trinajstić information content (AvgIpc) is 2.22. The lowest BCUT2D eigenvalue weighted by atomic mass is 10.1. The van der Waals surface area contributed by atoms with Gasteiger partial charge in [0.2, 0.25) is 0 Å². The minimum Gasteiger partial charge on any atom is -0.468 e. The summed E-state index contributed by atoms with van der Waals surface area (Å²) in [5, 5.41) is 0.406. The van der Waals surface area contributed by atoms with Gasteiger partial charge in [0.25, 0.3) is 0 Å². The van der Waals surface area contributed by atoms with Crippen LogP contribution in [0.1, 0.15) is 5.56 Å². The summed E-state index contributed by atoms with van der Waals surface area (Å²) in [5.74, 6) is -1.01. The van der Waals surface area contributed by atoms with E-state index in [2.05, 4.69) is 4.74 Å². The summed E-state index contributed by atoms with van der Waals surface area (Å²) in [4.78, 5) is 11.0. The Bertz CT molecular complexity index is 374. The van der Waals surface area contributed by atoms with Gasteiger partial charge in [-0.15, -0.1) is 12.4 Å². The zero-order valence-corrected chi connectivity index (χ0v) is 10.1. The topological polar surface area (TPSA) is 52.3 Å². The Balaban J connectivity index is 0.00000225. The number of hydrogen-bond donors (Lipinski definition) is 1. The molecule has 0 saturated carbocycles. The Morgan fingerprint density at radius 1 is 1.62 bits per heavy atom. The summed E-state index contributed by atoms with van der Waals surface area (Å²) in [6.45, 7) is 0. The number of hydrogen-bond acceptors (Lipinski definition) is 3. The van der Waals surface area contributed by atoms with E-state index in [9.17, 15) is 9.18 Å². The molecule has 0 fully saturated rings. The molecule has 1 aromatic carbocycles. The number of halogens is 3. The summed E-state index contributed by atoms with van der Waals surface area (Å²) < 4.78 is 17.7. The molecule has 0 radical (unpaired) electrons. The van der Waals surface area contributed by atoms with Crippen LogP contribution in [0.25, 0.3) is 0 Å². The van der Waals surface area contributed by atoms with E-state index in [1.807, 2.05) is 0 Å². The fraction of sp³-hybridized carbons (Fsp3) is 0.300. The molecule has 0 aromatic heterocycles. The second-order valence-electron chi connectivity index (χ2n) is 3.07. The van der Waals surface area contributed by atoms with Gasteiger partial charge in [-0.2, -0.15) is 0 Å². The maximum atomic E-state index is 13.2. The van der Waals surface area contributed by atoms with Crippen LogP contribution in [0, 0.1) is 5.82 Å². The predicted octanol–water partition coefficient (Wildman–Crippen LogP) is 1.94. The lowest BCUT2D eigenvalue weighted by Gasteiger charge is -2.09. The van der Waals surface area contributed by atoms with E-state index < -0.39 is 17.8 Å². The van der Waals surface area contributed by atoms with Crippen molar-refractivity contribution in [2.45, 2.75) is 12.5 Å². The maximum absolute atomic E-state index is 13.2. The van der Waals surface area contributed by atoms with Gasteiger partial charge in [-0.3, -0.25) is 4.79 Å². The highest BCUT2D eigenvalue weighted by Crippen LogP contribution is 2.16. The predicted molar refractivity (Wildman–Crippen MR) is 62.4 cm³/mol. The zero-order valence-electron chi connectivity index (χ0n) is 8.57. The Hall–Kier alpha value is -0.840. The third kappa shape index (κ3) is 3.96. The Labute approximate surface area is 104 Å². The van der Waals surface area contributed by atoms with Gasteiger partial charge in [-0.25, -0.2) is 4.39 Å². The molecule has 90 valence electrons. The fourth-order valence-electron chi connectivity index (χ4n) is 1.17. The van der Waals surface area contributed by atoms with Gasteiger partial charge in [-0.1, -0.05) is 11.6 Å². The molecule has 0 aliphatic heterocycles. The third-order valence-corrected chi connectivity index (χ3v) is 2.19. The largest absolute Gasteiger partial charge is 0.468 e.